The maximum atomic E-state index is 12.9. The molecule has 0 bridgehead atoms. The Labute approximate surface area is 189 Å². The van der Waals surface area contributed by atoms with Crippen molar-refractivity contribution in [3.05, 3.63) is 51.9 Å². The number of furan rings is 1. The standard InChI is InChI=1S/C19H20Cl2N2O7S/c1-12(16-3-2-6-29-16)22-18(24)11-30-19(25)13-9-17(15(21)10-14(13)20)31(26,27)23-4-7-28-8-5-23/h2-3,6,9-10,12H,4-5,7-8,11H2,1H3,(H,22,24)/t12-/m0/s1. The molecule has 31 heavy (non-hydrogen) atoms. The van der Waals surface area contributed by atoms with Crippen LogP contribution in [0.25, 0.3) is 0 Å². The van der Waals surface area contributed by atoms with E-state index in [1.807, 2.05) is 0 Å². The van der Waals surface area contributed by atoms with Gasteiger partial charge in [-0.1, -0.05) is 23.2 Å². The maximum Gasteiger partial charge on any atom is 0.340 e. The first-order chi connectivity index (χ1) is 14.7. The summed E-state index contributed by atoms with van der Waals surface area (Å²) in [5.74, 6) is -0.984. The van der Waals surface area contributed by atoms with Crippen LogP contribution >= 0.6 is 23.2 Å². The van der Waals surface area contributed by atoms with Gasteiger partial charge in [-0.3, -0.25) is 4.79 Å². The summed E-state index contributed by atoms with van der Waals surface area (Å²) in [6.45, 7) is 1.95. The maximum absolute atomic E-state index is 12.9. The van der Waals surface area contributed by atoms with E-state index >= 15 is 0 Å². The zero-order chi connectivity index (χ0) is 22.6. The van der Waals surface area contributed by atoms with E-state index in [9.17, 15) is 18.0 Å². The van der Waals surface area contributed by atoms with Gasteiger partial charge in [-0.2, -0.15) is 4.31 Å². The molecule has 1 fully saturated rings. The summed E-state index contributed by atoms with van der Waals surface area (Å²) in [4.78, 5) is 24.3. The number of benzene rings is 1. The average molecular weight is 491 g/mol. The topological polar surface area (TPSA) is 115 Å². The number of nitrogens with zero attached hydrogens (tertiary/aromatic N) is 1. The Hall–Kier alpha value is -2.11. The van der Waals surface area contributed by atoms with Crippen LogP contribution in [-0.2, 0) is 24.3 Å². The van der Waals surface area contributed by atoms with Crippen LogP contribution in [0.15, 0.2) is 39.8 Å². The van der Waals surface area contributed by atoms with Crippen LogP contribution in [0.2, 0.25) is 10.0 Å². The second-order valence-electron chi connectivity index (χ2n) is 6.66. The lowest BCUT2D eigenvalue weighted by molar-refractivity contribution is -0.125. The molecule has 0 radical (unpaired) electrons. The van der Waals surface area contributed by atoms with Gasteiger partial charge < -0.3 is 19.2 Å². The summed E-state index contributed by atoms with van der Waals surface area (Å²) in [6, 6.07) is 5.17. The van der Waals surface area contributed by atoms with Gasteiger partial charge in [-0.25, -0.2) is 13.2 Å². The highest BCUT2D eigenvalue weighted by Crippen LogP contribution is 2.31. The largest absolute Gasteiger partial charge is 0.467 e. The Morgan fingerprint density at radius 3 is 2.58 bits per heavy atom. The minimum atomic E-state index is -3.97. The van der Waals surface area contributed by atoms with Crippen molar-refractivity contribution in [3.63, 3.8) is 0 Å². The van der Waals surface area contributed by atoms with Gasteiger partial charge in [0.05, 0.1) is 41.1 Å². The van der Waals surface area contributed by atoms with Crippen molar-refractivity contribution in [2.75, 3.05) is 32.9 Å². The van der Waals surface area contributed by atoms with Crippen LogP contribution < -0.4 is 5.32 Å². The molecule has 1 aromatic heterocycles. The second kappa shape index (κ2) is 10.0. The van der Waals surface area contributed by atoms with Crippen molar-refractivity contribution in [1.29, 1.82) is 0 Å². The van der Waals surface area contributed by atoms with Crippen LogP contribution in [0, 0.1) is 0 Å². The Morgan fingerprint density at radius 2 is 1.94 bits per heavy atom. The van der Waals surface area contributed by atoms with E-state index in [0.717, 1.165) is 12.1 Å². The Morgan fingerprint density at radius 1 is 1.23 bits per heavy atom. The first-order valence-electron chi connectivity index (χ1n) is 9.27. The van der Waals surface area contributed by atoms with Crippen molar-refractivity contribution < 1.29 is 31.9 Å². The third-order valence-corrected chi connectivity index (χ3v) is 7.19. The first kappa shape index (κ1) is 23.6. The second-order valence-corrected chi connectivity index (χ2v) is 9.38. The summed E-state index contributed by atoms with van der Waals surface area (Å²) in [7, 11) is -3.97. The summed E-state index contributed by atoms with van der Waals surface area (Å²) >= 11 is 12.2. The third-order valence-electron chi connectivity index (χ3n) is 4.51. The molecule has 0 unspecified atom stereocenters. The summed E-state index contributed by atoms with van der Waals surface area (Å²) in [6.07, 6.45) is 1.48. The number of carbonyl (C=O) groups excluding carboxylic acids is 2. The lowest BCUT2D eigenvalue weighted by atomic mass is 10.2. The molecule has 1 aromatic carbocycles. The molecule has 1 aliphatic heterocycles. The number of morpholine rings is 1. The summed E-state index contributed by atoms with van der Waals surface area (Å²) in [5.41, 5.74) is -0.218. The fourth-order valence-corrected chi connectivity index (χ4v) is 5.14. The highest BCUT2D eigenvalue weighted by Gasteiger charge is 2.30. The van der Waals surface area contributed by atoms with E-state index in [-0.39, 0.29) is 46.8 Å². The summed E-state index contributed by atoms with van der Waals surface area (Å²) < 4.78 is 42.4. The zero-order valence-electron chi connectivity index (χ0n) is 16.5. The molecule has 12 heteroatoms. The number of halogens is 2. The smallest absolute Gasteiger partial charge is 0.340 e. The van der Waals surface area contributed by atoms with Crippen LogP contribution in [0.1, 0.15) is 29.1 Å². The quantitative estimate of drug-likeness (QED) is 0.593. The minimum Gasteiger partial charge on any atom is -0.467 e. The van der Waals surface area contributed by atoms with Crippen molar-refractivity contribution in [2.45, 2.75) is 17.9 Å². The van der Waals surface area contributed by atoms with Crippen LogP contribution in [0.5, 0.6) is 0 Å². The predicted molar refractivity (Wildman–Crippen MR) is 112 cm³/mol. The van der Waals surface area contributed by atoms with Crippen LogP contribution in [0.3, 0.4) is 0 Å². The zero-order valence-corrected chi connectivity index (χ0v) is 18.8. The number of hydrogen-bond acceptors (Lipinski definition) is 7. The highest BCUT2D eigenvalue weighted by molar-refractivity contribution is 7.89. The Kier molecular flexibility index (Phi) is 7.60. The molecule has 1 N–H and O–H groups in total. The molecule has 2 aromatic rings. The van der Waals surface area contributed by atoms with Gasteiger partial charge in [-0.15, -0.1) is 0 Å². The van der Waals surface area contributed by atoms with E-state index < -0.39 is 34.5 Å². The SMILES string of the molecule is C[C@H](NC(=O)COC(=O)c1cc(S(=O)(=O)N2CCOCC2)c(Cl)cc1Cl)c1ccco1. The van der Waals surface area contributed by atoms with E-state index in [4.69, 9.17) is 37.1 Å². The number of hydrogen-bond donors (Lipinski definition) is 1. The third kappa shape index (κ3) is 5.58. The van der Waals surface area contributed by atoms with Crippen LogP contribution in [-0.4, -0.2) is 57.5 Å². The first-order valence-corrected chi connectivity index (χ1v) is 11.5. The molecular weight excluding hydrogens is 471 g/mol. The van der Waals surface area contributed by atoms with E-state index in [0.29, 0.717) is 5.76 Å². The van der Waals surface area contributed by atoms with Gasteiger partial charge in [0.25, 0.3) is 5.91 Å². The minimum absolute atomic E-state index is 0.0970. The number of ether oxygens (including phenoxy) is 2. The van der Waals surface area contributed by atoms with Gasteiger partial charge in [0, 0.05) is 13.1 Å². The fraction of sp³-hybridized carbons (Fsp3) is 0.368. The number of rotatable bonds is 7. The predicted octanol–water partition coefficient (Wildman–Crippen LogP) is 2.64. The molecule has 2 heterocycles. The lowest BCUT2D eigenvalue weighted by Gasteiger charge is -2.26. The van der Waals surface area contributed by atoms with Crippen LogP contribution in [0.4, 0.5) is 0 Å². The van der Waals surface area contributed by atoms with Crippen molar-refractivity contribution in [1.82, 2.24) is 9.62 Å². The van der Waals surface area contributed by atoms with E-state index in [1.54, 1.807) is 19.1 Å². The van der Waals surface area contributed by atoms with Gasteiger partial charge >= 0.3 is 5.97 Å². The number of nitrogens with one attached hydrogen (secondary N) is 1. The molecule has 168 valence electrons. The molecule has 3 rings (SSSR count). The van der Waals surface area contributed by atoms with Crippen molar-refractivity contribution in [2.24, 2.45) is 0 Å². The monoisotopic (exact) mass is 490 g/mol. The molecular formula is C19H20Cl2N2O7S. The fourth-order valence-electron chi connectivity index (χ4n) is 2.91. The molecule has 1 amide bonds. The average Bonchev–Trinajstić information content (AvgIpc) is 3.27. The molecule has 0 saturated carbocycles. The Bertz CT molecular complexity index is 1050. The van der Waals surface area contributed by atoms with Gasteiger partial charge in [0.1, 0.15) is 10.7 Å². The molecule has 0 spiro atoms. The molecule has 1 aliphatic rings. The van der Waals surface area contributed by atoms with Gasteiger partial charge in [-0.05, 0) is 31.2 Å². The summed E-state index contributed by atoms with van der Waals surface area (Å²) in [5, 5.41) is 2.39. The number of amides is 1. The van der Waals surface area contributed by atoms with Crippen molar-refractivity contribution in [3.8, 4) is 0 Å². The van der Waals surface area contributed by atoms with E-state index in [1.165, 1.54) is 10.6 Å². The normalized spacial score (nSPS) is 16.0. The number of carbonyl (C=O) groups is 2. The Balaban J connectivity index is 1.71. The lowest BCUT2D eigenvalue weighted by Crippen LogP contribution is -2.40. The highest BCUT2D eigenvalue weighted by atomic mass is 35.5. The van der Waals surface area contributed by atoms with Gasteiger partial charge in [0.2, 0.25) is 10.0 Å². The molecule has 1 saturated heterocycles. The number of esters is 1. The van der Waals surface area contributed by atoms with E-state index in [2.05, 4.69) is 5.32 Å². The molecule has 0 aliphatic carbocycles. The number of sulfonamides is 1. The van der Waals surface area contributed by atoms with Gasteiger partial charge in [0.15, 0.2) is 6.61 Å². The molecule has 9 nitrogen and oxygen atoms in total. The van der Waals surface area contributed by atoms with Crippen molar-refractivity contribution >= 4 is 45.1 Å². The molecule has 1 atom stereocenters.